The summed E-state index contributed by atoms with van der Waals surface area (Å²) in [5.41, 5.74) is -1.29. The van der Waals surface area contributed by atoms with E-state index in [0.29, 0.717) is 9.87 Å². The molecule has 0 radical (unpaired) electrons. The highest BCUT2D eigenvalue weighted by molar-refractivity contribution is 7.85. The first kappa shape index (κ1) is 20.5. The smallest absolute Gasteiger partial charge is 0.426 e. The van der Waals surface area contributed by atoms with E-state index in [0.717, 1.165) is 12.1 Å². The molecule has 10 heteroatoms. The molecule has 1 saturated heterocycles. The Bertz CT molecular complexity index is 769. The van der Waals surface area contributed by atoms with Gasteiger partial charge >= 0.3 is 22.6 Å². The van der Waals surface area contributed by atoms with Crippen molar-refractivity contribution in [3.8, 4) is 0 Å². The summed E-state index contributed by atoms with van der Waals surface area (Å²) < 4.78 is 72.6. The molecule has 2 unspecified atom stereocenters. The highest BCUT2D eigenvalue weighted by Gasteiger charge is 2.47. The minimum Gasteiger partial charge on any atom is -0.443 e. The molecule has 6 nitrogen and oxygen atoms in total. The number of benzene rings is 1. The molecule has 1 aliphatic heterocycles. The van der Waals surface area contributed by atoms with Gasteiger partial charge in [0.2, 0.25) is 0 Å². The van der Waals surface area contributed by atoms with E-state index in [1.807, 2.05) is 0 Å². The Morgan fingerprint density at radius 1 is 1.23 bits per heavy atom. The summed E-state index contributed by atoms with van der Waals surface area (Å²) in [6, 6.07) is 3.41. The van der Waals surface area contributed by atoms with E-state index in [9.17, 15) is 26.4 Å². The quantitative estimate of drug-likeness (QED) is 0.764. The van der Waals surface area contributed by atoms with Crippen LogP contribution in [0.2, 0.25) is 0 Å². The lowest BCUT2D eigenvalue weighted by atomic mass is 9.93. The standard InChI is InChI=1S/C16H20F3NO5S/c1-10(11-5-7-12(8-6-11)16(17,18)19)13-9-24-26(22,23)20(13)14(21)25-15(2,3)4/h5-8,10,13H,9H2,1-4H3. The molecule has 0 bridgehead atoms. The Morgan fingerprint density at radius 2 is 1.77 bits per heavy atom. The highest BCUT2D eigenvalue weighted by atomic mass is 32.2. The molecule has 1 heterocycles. The number of carbonyl (C=O) groups is 1. The van der Waals surface area contributed by atoms with E-state index < -0.39 is 45.7 Å². The van der Waals surface area contributed by atoms with E-state index in [1.54, 1.807) is 27.7 Å². The molecule has 2 atom stereocenters. The van der Waals surface area contributed by atoms with Crippen molar-refractivity contribution in [1.29, 1.82) is 0 Å². The zero-order chi connectivity index (χ0) is 19.9. The Hall–Kier alpha value is -1.81. The van der Waals surface area contributed by atoms with Gasteiger partial charge in [0.25, 0.3) is 0 Å². The van der Waals surface area contributed by atoms with Crippen molar-refractivity contribution in [2.24, 2.45) is 0 Å². The minimum atomic E-state index is -4.47. The number of ether oxygens (including phenoxy) is 1. The van der Waals surface area contributed by atoms with Gasteiger partial charge in [0.1, 0.15) is 5.60 Å². The van der Waals surface area contributed by atoms with E-state index in [2.05, 4.69) is 0 Å². The molecule has 26 heavy (non-hydrogen) atoms. The summed E-state index contributed by atoms with van der Waals surface area (Å²) in [6.07, 6.45) is -5.55. The van der Waals surface area contributed by atoms with Gasteiger partial charge in [-0.3, -0.25) is 4.18 Å². The SMILES string of the molecule is CC(c1ccc(C(F)(F)F)cc1)C1COS(=O)(=O)N1C(=O)OC(C)(C)C. The molecule has 1 aliphatic rings. The van der Waals surface area contributed by atoms with Crippen LogP contribution in [0, 0.1) is 0 Å². The van der Waals surface area contributed by atoms with Gasteiger partial charge in [-0.05, 0) is 38.5 Å². The van der Waals surface area contributed by atoms with Gasteiger partial charge in [-0.25, -0.2) is 4.79 Å². The third-order valence-corrected chi connectivity index (χ3v) is 5.18. The zero-order valence-corrected chi connectivity index (χ0v) is 15.5. The van der Waals surface area contributed by atoms with Gasteiger partial charge in [0.15, 0.2) is 0 Å². The third kappa shape index (κ3) is 4.47. The molecule has 1 aromatic carbocycles. The average molecular weight is 395 g/mol. The lowest BCUT2D eigenvalue weighted by Crippen LogP contribution is -2.44. The van der Waals surface area contributed by atoms with Crippen LogP contribution in [0.3, 0.4) is 0 Å². The lowest BCUT2D eigenvalue weighted by Gasteiger charge is -2.28. The molecule has 0 aliphatic carbocycles. The molecule has 1 amide bonds. The first-order valence-electron chi connectivity index (χ1n) is 7.81. The van der Waals surface area contributed by atoms with E-state index >= 15 is 0 Å². The molecule has 0 spiro atoms. The number of amides is 1. The zero-order valence-electron chi connectivity index (χ0n) is 14.7. The number of rotatable bonds is 2. The first-order valence-corrected chi connectivity index (χ1v) is 9.18. The number of hydrogen-bond acceptors (Lipinski definition) is 5. The van der Waals surface area contributed by atoms with Crippen LogP contribution < -0.4 is 0 Å². The summed E-state index contributed by atoms with van der Waals surface area (Å²) in [4.78, 5) is 12.3. The Balaban J connectivity index is 2.29. The lowest BCUT2D eigenvalue weighted by molar-refractivity contribution is -0.137. The van der Waals surface area contributed by atoms with Crippen LogP contribution in [-0.2, 0) is 25.4 Å². The highest BCUT2D eigenvalue weighted by Crippen LogP contribution is 2.34. The first-order chi connectivity index (χ1) is 11.7. The van der Waals surface area contributed by atoms with Gasteiger partial charge in [-0.1, -0.05) is 19.1 Å². The maximum Gasteiger partial charge on any atom is 0.426 e. The fraction of sp³-hybridized carbons (Fsp3) is 0.562. The summed E-state index contributed by atoms with van der Waals surface area (Å²) in [5, 5.41) is 0. The molecule has 2 rings (SSSR count). The molecule has 1 aromatic rings. The number of carbonyl (C=O) groups excluding carboxylic acids is 1. The largest absolute Gasteiger partial charge is 0.443 e. The second kappa shape index (κ2) is 6.73. The summed E-state index contributed by atoms with van der Waals surface area (Å²) in [6.45, 7) is 6.06. The van der Waals surface area contributed by atoms with Gasteiger partial charge in [-0.2, -0.15) is 25.9 Å². The molecule has 0 N–H and O–H groups in total. The second-order valence-corrected chi connectivity index (χ2v) is 8.48. The topological polar surface area (TPSA) is 72.9 Å². The summed E-state index contributed by atoms with van der Waals surface area (Å²) >= 11 is 0. The predicted molar refractivity (Wildman–Crippen MR) is 86.6 cm³/mol. The minimum absolute atomic E-state index is 0.302. The van der Waals surface area contributed by atoms with Crippen molar-refractivity contribution in [1.82, 2.24) is 4.31 Å². The van der Waals surface area contributed by atoms with E-state index in [-0.39, 0.29) is 6.61 Å². The average Bonchev–Trinajstić information content (AvgIpc) is 2.79. The third-order valence-electron chi connectivity index (χ3n) is 3.84. The summed E-state index contributed by atoms with van der Waals surface area (Å²) in [5.74, 6) is -0.595. The van der Waals surface area contributed by atoms with Crippen molar-refractivity contribution in [3.63, 3.8) is 0 Å². The number of halogens is 3. The molecule has 0 saturated carbocycles. The predicted octanol–water partition coefficient (Wildman–Crippen LogP) is 3.69. The van der Waals surface area contributed by atoms with Gasteiger partial charge in [0.05, 0.1) is 18.2 Å². The molecule has 1 fully saturated rings. The van der Waals surface area contributed by atoms with Gasteiger partial charge in [-0.15, -0.1) is 0 Å². The van der Waals surface area contributed by atoms with Gasteiger partial charge < -0.3 is 4.74 Å². The second-order valence-electron chi connectivity index (χ2n) is 6.99. The number of nitrogens with zero attached hydrogens (tertiary/aromatic N) is 1. The van der Waals surface area contributed by atoms with E-state index in [1.165, 1.54) is 12.1 Å². The van der Waals surface area contributed by atoms with Gasteiger partial charge in [0, 0.05) is 5.92 Å². The van der Waals surface area contributed by atoms with Crippen LogP contribution in [-0.4, -0.2) is 37.1 Å². The van der Waals surface area contributed by atoms with Crippen molar-refractivity contribution < 1.29 is 35.3 Å². The monoisotopic (exact) mass is 395 g/mol. The van der Waals surface area contributed by atoms with Crippen molar-refractivity contribution in [3.05, 3.63) is 35.4 Å². The van der Waals surface area contributed by atoms with Crippen LogP contribution >= 0.6 is 0 Å². The molecular weight excluding hydrogens is 375 g/mol. The van der Waals surface area contributed by atoms with Crippen molar-refractivity contribution in [2.45, 2.75) is 51.4 Å². The Labute approximate surface area is 150 Å². The fourth-order valence-electron chi connectivity index (χ4n) is 2.52. The number of hydrogen-bond donors (Lipinski definition) is 0. The van der Waals surface area contributed by atoms with Crippen LogP contribution in [0.4, 0.5) is 18.0 Å². The molecule has 0 aromatic heterocycles. The van der Waals surface area contributed by atoms with Crippen LogP contribution in [0.5, 0.6) is 0 Å². The molecule has 146 valence electrons. The van der Waals surface area contributed by atoms with Crippen molar-refractivity contribution in [2.75, 3.05) is 6.61 Å². The Morgan fingerprint density at radius 3 is 2.23 bits per heavy atom. The van der Waals surface area contributed by atoms with E-state index in [4.69, 9.17) is 8.92 Å². The van der Waals surface area contributed by atoms with Crippen molar-refractivity contribution >= 4 is 16.4 Å². The summed E-state index contributed by atoms with van der Waals surface area (Å²) in [7, 11) is -4.31. The molecular formula is C16H20F3NO5S. The van der Waals surface area contributed by atoms with Crippen LogP contribution in [0.1, 0.15) is 44.7 Å². The maximum absolute atomic E-state index is 12.7. The normalized spacial score (nSPS) is 21.5. The van der Waals surface area contributed by atoms with Crippen LogP contribution in [0.25, 0.3) is 0 Å². The number of alkyl halides is 3. The maximum atomic E-state index is 12.7. The fourth-order valence-corrected chi connectivity index (χ4v) is 3.74. The van der Waals surface area contributed by atoms with Crippen LogP contribution in [0.15, 0.2) is 24.3 Å². The Kier molecular flexibility index (Phi) is 5.31.